The maximum atomic E-state index is 5.96. The van der Waals surface area contributed by atoms with E-state index in [-0.39, 0.29) is 12.1 Å². The Hall–Kier alpha value is -1.65. The molecule has 2 unspecified atom stereocenters. The van der Waals surface area contributed by atoms with E-state index in [1.54, 1.807) is 0 Å². The number of benzene rings is 1. The quantitative estimate of drug-likeness (QED) is 0.841. The van der Waals surface area contributed by atoms with E-state index in [1.165, 1.54) is 5.56 Å². The number of rotatable bonds is 7. The van der Waals surface area contributed by atoms with Crippen LogP contribution in [0.5, 0.6) is 0 Å². The molecule has 0 bridgehead atoms. The molecule has 1 aromatic carbocycles. The van der Waals surface area contributed by atoms with Crippen molar-refractivity contribution in [2.45, 2.75) is 25.5 Å². The highest BCUT2D eigenvalue weighted by molar-refractivity contribution is 5.20. The molecule has 0 radical (unpaired) electrons. The molecule has 4 heteroatoms. The minimum Gasteiger partial charge on any atom is -0.372 e. The molecule has 0 amide bonds. The summed E-state index contributed by atoms with van der Waals surface area (Å²) in [7, 11) is 3.91. The second-order valence-electron chi connectivity index (χ2n) is 4.87. The third-order valence-electron chi connectivity index (χ3n) is 3.41. The van der Waals surface area contributed by atoms with E-state index < -0.39 is 0 Å². The summed E-state index contributed by atoms with van der Waals surface area (Å²) < 4.78 is 7.80. The summed E-state index contributed by atoms with van der Waals surface area (Å²) in [5, 5.41) is 7.82. The minimum absolute atomic E-state index is 0.0354. The Morgan fingerprint density at radius 2 is 2.00 bits per heavy atom. The summed E-state index contributed by atoms with van der Waals surface area (Å²) >= 11 is 0. The van der Waals surface area contributed by atoms with Gasteiger partial charge in [-0.25, -0.2) is 0 Å². The van der Waals surface area contributed by atoms with Crippen LogP contribution in [0.3, 0.4) is 0 Å². The lowest BCUT2D eigenvalue weighted by molar-refractivity contribution is 0.0349. The Labute approximate surface area is 120 Å². The van der Waals surface area contributed by atoms with Crippen LogP contribution >= 0.6 is 0 Å². The smallest absolute Gasteiger partial charge is 0.0981 e. The molecule has 108 valence electrons. The first-order valence-corrected chi connectivity index (χ1v) is 7.07. The molecule has 1 N–H and O–H groups in total. The maximum Gasteiger partial charge on any atom is 0.0981 e. The third-order valence-corrected chi connectivity index (χ3v) is 3.41. The molecule has 20 heavy (non-hydrogen) atoms. The fourth-order valence-corrected chi connectivity index (χ4v) is 2.42. The van der Waals surface area contributed by atoms with Gasteiger partial charge in [-0.05, 0) is 25.6 Å². The van der Waals surface area contributed by atoms with Gasteiger partial charge in [-0.1, -0.05) is 30.3 Å². The van der Waals surface area contributed by atoms with Crippen LogP contribution in [0.2, 0.25) is 0 Å². The third kappa shape index (κ3) is 3.68. The molecular formula is C16H23N3O. The van der Waals surface area contributed by atoms with Crippen molar-refractivity contribution in [1.82, 2.24) is 15.1 Å². The zero-order chi connectivity index (χ0) is 14.4. The zero-order valence-corrected chi connectivity index (χ0v) is 12.4. The van der Waals surface area contributed by atoms with Crippen molar-refractivity contribution in [3.8, 4) is 0 Å². The van der Waals surface area contributed by atoms with Crippen molar-refractivity contribution in [3.05, 3.63) is 53.9 Å². The number of nitrogens with zero attached hydrogens (tertiary/aromatic N) is 2. The highest BCUT2D eigenvalue weighted by Crippen LogP contribution is 2.23. The first kappa shape index (κ1) is 14.8. The fourth-order valence-electron chi connectivity index (χ4n) is 2.42. The molecule has 0 fully saturated rings. The molecule has 0 saturated carbocycles. The molecule has 0 spiro atoms. The Balaban J connectivity index is 2.17. The number of nitrogens with one attached hydrogen (secondary N) is 1. The molecule has 4 nitrogen and oxygen atoms in total. The lowest BCUT2D eigenvalue weighted by Gasteiger charge is -2.26. The molecule has 1 aromatic heterocycles. The second-order valence-corrected chi connectivity index (χ2v) is 4.87. The van der Waals surface area contributed by atoms with Gasteiger partial charge in [-0.2, -0.15) is 5.10 Å². The molecule has 2 rings (SSSR count). The van der Waals surface area contributed by atoms with Gasteiger partial charge >= 0.3 is 0 Å². The predicted octanol–water partition coefficient (Wildman–Crippen LogP) is 2.33. The first-order valence-electron chi connectivity index (χ1n) is 7.07. The topological polar surface area (TPSA) is 39.1 Å². The lowest BCUT2D eigenvalue weighted by atomic mass is 9.98. The zero-order valence-electron chi connectivity index (χ0n) is 12.4. The van der Waals surface area contributed by atoms with Crippen LogP contribution in [0.1, 0.15) is 24.3 Å². The second kappa shape index (κ2) is 7.22. The molecule has 1 heterocycles. The van der Waals surface area contributed by atoms with Crippen LogP contribution in [0, 0.1) is 0 Å². The normalized spacial score (nSPS) is 14.2. The van der Waals surface area contributed by atoms with Crippen molar-refractivity contribution >= 4 is 0 Å². The Kier molecular flexibility index (Phi) is 5.32. The average molecular weight is 273 g/mol. The van der Waals surface area contributed by atoms with Gasteiger partial charge in [0.05, 0.1) is 11.8 Å². The number of aryl methyl sites for hydroxylation is 1. The minimum atomic E-state index is 0.0354. The largest absolute Gasteiger partial charge is 0.372 e. The van der Waals surface area contributed by atoms with E-state index in [0.29, 0.717) is 6.61 Å². The average Bonchev–Trinajstić information content (AvgIpc) is 2.89. The van der Waals surface area contributed by atoms with Gasteiger partial charge in [0.25, 0.3) is 0 Å². The Morgan fingerprint density at radius 1 is 1.25 bits per heavy atom. The van der Waals surface area contributed by atoms with Crippen LogP contribution in [-0.4, -0.2) is 29.5 Å². The summed E-state index contributed by atoms with van der Waals surface area (Å²) in [5.41, 5.74) is 2.28. The molecule has 0 aliphatic rings. The summed E-state index contributed by atoms with van der Waals surface area (Å²) in [5.74, 6) is 0. The van der Waals surface area contributed by atoms with Crippen molar-refractivity contribution in [1.29, 1.82) is 0 Å². The number of likely N-dealkylation sites (N-methyl/N-ethyl adjacent to an activating group) is 1. The molecular weight excluding hydrogens is 250 g/mol. The number of aromatic nitrogens is 2. The Morgan fingerprint density at radius 3 is 2.55 bits per heavy atom. The van der Waals surface area contributed by atoms with E-state index in [9.17, 15) is 0 Å². The van der Waals surface area contributed by atoms with E-state index in [1.807, 2.05) is 38.0 Å². The molecule has 2 aromatic rings. The summed E-state index contributed by atoms with van der Waals surface area (Å²) in [4.78, 5) is 0. The molecule has 0 aliphatic heterocycles. The van der Waals surface area contributed by atoms with Gasteiger partial charge in [-0.15, -0.1) is 0 Å². The maximum absolute atomic E-state index is 5.96. The van der Waals surface area contributed by atoms with E-state index in [2.05, 4.69) is 40.7 Å². The van der Waals surface area contributed by atoms with Crippen molar-refractivity contribution in [2.24, 2.45) is 7.05 Å². The van der Waals surface area contributed by atoms with Crippen molar-refractivity contribution in [3.63, 3.8) is 0 Å². The molecule has 0 saturated heterocycles. The van der Waals surface area contributed by atoms with Gasteiger partial charge in [0.15, 0.2) is 0 Å². The first-order chi connectivity index (χ1) is 9.74. The van der Waals surface area contributed by atoms with Gasteiger partial charge in [0.1, 0.15) is 0 Å². The predicted molar refractivity (Wildman–Crippen MR) is 80.6 cm³/mol. The van der Waals surface area contributed by atoms with Gasteiger partial charge in [-0.3, -0.25) is 4.68 Å². The van der Waals surface area contributed by atoms with E-state index >= 15 is 0 Å². The number of hydrogen-bond donors (Lipinski definition) is 1. The standard InChI is InChI=1S/C16H23N3O/c1-4-20-16(13-8-6-5-7-9-13)15(17-2)12-14-10-11-19(3)18-14/h5-11,15-17H,4,12H2,1-3H3. The van der Waals surface area contributed by atoms with E-state index in [4.69, 9.17) is 4.74 Å². The summed E-state index contributed by atoms with van der Waals surface area (Å²) in [6, 6.07) is 12.6. The van der Waals surface area contributed by atoms with E-state index in [0.717, 1.165) is 12.1 Å². The molecule has 2 atom stereocenters. The molecule has 0 aliphatic carbocycles. The van der Waals surface area contributed by atoms with Crippen LogP contribution in [0.25, 0.3) is 0 Å². The summed E-state index contributed by atoms with van der Waals surface area (Å²) in [6.45, 7) is 2.73. The van der Waals surface area contributed by atoms with Gasteiger partial charge in [0.2, 0.25) is 0 Å². The van der Waals surface area contributed by atoms with Crippen molar-refractivity contribution < 1.29 is 4.74 Å². The SMILES string of the molecule is CCOC(c1ccccc1)C(Cc1ccn(C)n1)NC. The van der Waals surface area contributed by atoms with Crippen LogP contribution in [-0.2, 0) is 18.2 Å². The van der Waals surface area contributed by atoms with Crippen LogP contribution in [0.4, 0.5) is 0 Å². The number of hydrogen-bond acceptors (Lipinski definition) is 3. The fraction of sp³-hybridized carbons (Fsp3) is 0.438. The van der Waals surface area contributed by atoms with Crippen LogP contribution < -0.4 is 5.32 Å². The monoisotopic (exact) mass is 273 g/mol. The number of ether oxygens (including phenoxy) is 1. The van der Waals surface area contributed by atoms with Crippen LogP contribution in [0.15, 0.2) is 42.6 Å². The summed E-state index contributed by atoms with van der Waals surface area (Å²) in [6.07, 6.45) is 2.85. The highest BCUT2D eigenvalue weighted by Gasteiger charge is 2.23. The van der Waals surface area contributed by atoms with Gasteiger partial charge in [0, 0.05) is 32.3 Å². The lowest BCUT2D eigenvalue weighted by Crippen LogP contribution is -2.36. The van der Waals surface area contributed by atoms with Crippen molar-refractivity contribution in [2.75, 3.05) is 13.7 Å². The Bertz CT molecular complexity index is 509. The van der Waals surface area contributed by atoms with Gasteiger partial charge < -0.3 is 10.1 Å². The highest BCUT2D eigenvalue weighted by atomic mass is 16.5.